The van der Waals surface area contributed by atoms with Crippen LogP contribution in [0.3, 0.4) is 0 Å². The number of rotatable bonds is 12. The molecule has 8 unspecified atom stereocenters. The SMILES string of the molecule is CO[C@H]1OC(C(=O)O)[C@H](O[C@@H]2OC(C(=O)O)[C@@H](O[C@@H]3O[C@@H](C(=O)O)[C@@H](O[C@@H]4OC(C(=O)O)[C@@H](OC)C(O)[C@@H]4O)C(O)C3O)[C@H](O)C2N)[C@H](O)C1N. The van der Waals surface area contributed by atoms with Gasteiger partial charge in [-0.1, -0.05) is 0 Å². The Morgan fingerprint density at radius 2 is 0.725 bits per heavy atom. The normalized spacial score (nSPS) is 47.7. The summed E-state index contributed by atoms with van der Waals surface area (Å²) in [5.74, 6) is -7.10. The molecule has 4 fully saturated rings. The average Bonchev–Trinajstić information content (AvgIpc) is 3.07. The van der Waals surface area contributed by atoms with Crippen LogP contribution in [0.25, 0.3) is 0 Å². The first-order valence-corrected chi connectivity index (χ1v) is 15.0. The predicted octanol–water partition coefficient (Wildman–Crippen LogP) is -8.14. The van der Waals surface area contributed by atoms with Crippen LogP contribution < -0.4 is 11.5 Å². The van der Waals surface area contributed by atoms with Gasteiger partial charge < -0.3 is 105 Å². The largest absolute Gasteiger partial charge is 0.479 e. The van der Waals surface area contributed by atoms with E-state index in [1.807, 2.05) is 0 Å². The fraction of sp³-hybridized carbons (Fsp3) is 0.846. The molecular formula is C26H40N2O23. The summed E-state index contributed by atoms with van der Waals surface area (Å²) in [4.78, 5) is 47.9. The Balaban J connectivity index is 1.51. The van der Waals surface area contributed by atoms with Crippen molar-refractivity contribution in [1.82, 2.24) is 0 Å². The van der Waals surface area contributed by atoms with Crippen molar-refractivity contribution in [2.45, 2.75) is 123 Å². The van der Waals surface area contributed by atoms with Gasteiger partial charge in [0.25, 0.3) is 0 Å². The molecule has 4 rings (SSSR count). The van der Waals surface area contributed by atoms with E-state index in [1.165, 1.54) is 0 Å². The van der Waals surface area contributed by atoms with Gasteiger partial charge in [-0.15, -0.1) is 0 Å². The molecule has 4 heterocycles. The summed E-state index contributed by atoms with van der Waals surface area (Å²) in [5, 5.41) is 103. The van der Waals surface area contributed by atoms with Crippen LogP contribution in [0.15, 0.2) is 0 Å². The highest BCUT2D eigenvalue weighted by atomic mass is 16.8. The van der Waals surface area contributed by atoms with E-state index in [9.17, 15) is 70.2 Å². The zero-order valence-electron chi connectivity index (χ0n) is 26.5. The van der Waals surface area contributed by atoms with Crippen molar-refractivity contribution < 1.29 is 113 Å². The Morgan fingerprint density at radius 1 is 0.431 bits per heavy atom. The summed E-state index contributed by atoms with van der Waals surface area (Å²) in [7, 11) is 2.13. The molecule has 20 atom stereocenters. The Hall–Kier alpha value is -2.80. The number of aliphatic hydroxyl groups excluding tert-OH is 6. The molecule has 0 aromatic heterocycles. The molecule has 4 aliphatic rings. The molecule has 0 radical (unpaired) electrons. The highest BCUT2D eigenvalue weighted by Crippen LogP contribution is 2.34. The van der Waals surface area contributed by atoms with Crippen molar-refractivity contribution in [2.75, 3.05) is 14.2 Å². The molecule has 25 heteroatoms. The van der Waals surface area contributed by atoms with Gasteiger partial charge in [0.15, 0.2) is 49.6 Å². The van der Waals surface area contributed by atoms with Gasteiger partial charge in [-0.2, -0.15) is 0 Å². The quantitative estimate of drug-likeness (QED) is 0.0881. The molecule has 51 heavy (non-hydrogen) atoms. The number of hydrogen-bond acceptors (Lipinski definition) is 21. The maximum atomic E-state index is 12.2. The van der Waals surface area contributed by atoms with E-state index in [4.69, 9.17) is 54.1 Å². The van der Waals surface area contributed by atoms with E-state index in [1.54, 1.807) is 0 Å². The molecule has 0 saturated carbocycles. The molecule has 0 aliphatic carbocycles. The smallest absolute Gasteiger partial charge is 0.335 e. The third kappa shape index (κ3) is 8.09. The lowest BCUT2D eigenvalue weighted by Gasteiger charge is -2.48. The van der Waals surface area contributed by atoms with E-state index >= 15 is 0 Å². The van der Waals surface area contributed by atoms with Gasteiger partial charge in [0, 0.05) is 14.2 Å². The zero-order chi connectivity index (χ0) is 38.2. The molecule has 14 N–H and O–H groups in total. The van der Waals surface area contributed by atoms with Crippen molar-refractivity contribution in [1.29, 1.82) is 0 Å². The van der Waals surface area contributed by atoms with Crippen molar-refractivity contribution in [3.8, 4) is 0 Å². The van der Waals surface area contributed by atoms with Gasteiger partial charge in [0.05, 0.1) is 12.1 Å². The molecule has 0 amide bonds. The second-order valence-electron chi connectivity index (χ2n) is 11.9. The molecule has 4 aliphatic heterocycles. The number of aliphatic hydroxyl groups is 6. The molecule has 0 bridgehead atoms. The summed E-state index contributed by atoms with van der Waals surface area (Å²) in [6.07, 6.45) is -36.7. The lowest BCUT2D eigenvalue weighted by atomic mass is 9.94. The van der Waals surface area contributed by atoms with E-state index in [2.05, 4.69) is 0 Å². The Bertz CT molecular complexity index is 1260. The molecule has 0 aromatic carbocycles. The summed E-state index contributed by atoms with van der Waals surface area (Å²) in [6.45, 7) is 0. The van der Waals surface area contributed by atoms with E-state index < -0.39 is 147 Å². The molecule has 0 spiro atoms. The van der Waals surface area contributed by atoms with Crippen LogP contribution in [-0.2, 0) is 61.8 Å². The van der Waals surface area contributed by atoms with Gasteiger partial charge in [0.1, 0.15) is 61.0 Å². The van der Waals surface area contributed by atoms with Gasteiger partial charge in [-0.3, -0.25) is 0 Å². The maximum absolute atomic E-state index is 12.2. The number of ether oxygens (including phenoxy) is 9. The molecule has 4 saturated heterocycles. The molecule has 25 nitrogen and oxygen atoms in total. The van der Waals surface area contributed by atoms with E-state index in [-0.39, 0.29) is 0 Å². The highest BCUT2D eigenvalue weighted by Gasteiger charge is 2.58. The predicted molar refractivity (Wildman–Crippen MR) is 150 cm³/mol. The minimum atomic E-state index is -2.34. The minimum absolute atomic E-state index is 1.01. The molecule has 0 aromatic rings. The standard InChI is InChI=1S/C26H40N2O23/c1-43-11-7(31)9(33)25(50-15(11)19(35)36)47-14-8(32)10(34)26(51-18(14)22(41)42)46-13-6(30)4(28)24(49-17(13)21(39)40)45-12-5(29)3(27)23(44-2)48-16(12)20(37)38/h3-18,23-26,29-34H,27-28H2,1-2H3,(H,35,36)(H,37,38)(H,39,40)(H,41,42)/t3?,4?,5-,6-,7?,8?,9+,10?,11+,12-,13+,14+,15?,16?,17?,18-,23+,24-,25-,26-/m1/s1. The summed E-state index contributed by atoms with van der Waals surface area (Å²) < 4.78 is 46.9. The first-order chi connectivity index (χ1) is 23.9. The van der Waals surface area contributed by atoms with Crippen molar-refractivity contribution in [3.63, 3.8) is 0 Å². The number of carboxylic acid groups (broad SMARTS) is 4. The van der Waals surface area contributed by atoms with Crippen LogP contribution in [0.2, 0.25) is 0 Å². The molecular weight excluding hydrogens is 708 g/mol. The first kappa shape index (κ1) is 41.0. The summed E-state index contributed by atoms with van der Waals surface area (Å²) in [5.41, 5.74) is 11.9. The maximum Gasteiger partial charge on any atom is 0.335 e. The topological polar surface area (TPSA) is 406 Å². The number of aliphatic carboxylic acids is 4. The van der Waals surface area contributed by atoms with E-state index in [0.29, 0.717) is 0 Å². The number of nitrogens with two attached hydrogens (primary N) is 2. The van der Waals surface area contributed by atoms with Crippen LogP contribution in [0.4, 0.5) is 0 Å². The zero-order valence-corrected chi connectivity index (χ0v) is 26.5. The van der Waals surface area contributed by atoms with Crippen LogP contribution in [-0.4, -0.2) is 212 Å². The lowest BCUT2D eigenvalue weighted by molar-refractivity contribution is -0.369. The Morgan fingerprint density at radius 3 is 1.10 bits per heavy atom. The molecule has 292 valence electrons. The third-order valence-electron chi connectivity index (χ3n) is 8.69. The van der Waals surface area contributed by atoms with Crippen LogP contribution in [0, 0.1) is 0 Å². The van der Waals surface area contributed by atoms with Crippen molar-refractivity contribution in [3.05, 3.63) is 0 Å². The fourth-order valence-electron chi connectivity index (χ4n) is 5.96. The van der Waals surface area contributed by atoms with Crippen LogP contribution >= 0.6 is 0 Å². The fourth-order valence-corrected chi connectivity index (χ4v) is 5.96. The van der Waals surface area contributed by atoms with E-state index in [0.717, 1.165) is 14.2 Å². The van der Waals surface area contributed by atoms with Crippen LogP contribution in [0.5, 0.6) is 0 Å². The Labute approximate surface area is 285 Å². The lowest BCUT2D eigenvalue weighted by Crippen LogP contribution is -2.70. The van der Waals surface area contributed by atoms with Crippen LogP contribution in [0.1, 0.15) is 0 Å². The minimum Gasteiger partial charge on any atom is -0.479 e. The van der Waals surface area contributed by atoms with Crippen molar-refractivity contribution in [2.24, 2.45) is 11.5 Å². The first-order valence-electron chi connectivity index (χ1n) is 15.0. The second-order valence-corrected chi connectivity index (χ2v) is 11.9. The summed E-state index contributed by atoms with van der Waals surface area (Å²) in [6, 6.07) is -3.19. The average molecular weight is 749 g/mol. The number of carboxylic acids is 4. The number of carbonyl (C=O) groups is 4. The summed E-state index contributed by atoms with van der Waals surface area (Å²) >= 11 is 0. The third-order valence-corrected chi connectivity index (χ3v) is 8.69. The highest BCUT2D eigenvalue weighted by molar-refractivity contribution is 5.75. The monoisotopic (exact) mass is 748 g/mol. The van der Waals surface area contributed by atoms with Crippen molar-refractivity contribution >= 4 is 23.9 Å². The Kier molecular flexibility index (Phi) is 13.2. The second kappa shape index (κ2) is 16.5. The van der Waals surface area contributed by atoms with Gasteiger partial charge in [-0.25, -0.2) is 19.2 Å². The number of hydrogen-bond donors (Lipinski definition) is 12. The van der Waals surface area contributed by atoms with Gasteiger partial charge in [0.2, 0.25) is 0 Å². The number of methoxy groups -OCH3 is 2. The van der Waals surface area contributed by atoms with Gasteiger partial charge in [-0.05, 0) is 0 Å². The van der Waals surface area contributed by atoms with Gasteiger partial charge >= 0.3 is 23.9 Å².